The molecule has 1 aliphatic rings. The number of anilines is 1. The van der Waals surface area contributed by atoms with Gasteiger partial charge in [0.1, 0.15) is 11.3 Å². The highest BCUT2D eigenvalue weighted by atomic mass is 16.5. The monoisotopic (exact) mass is 421 g/mol. The number of ether oxygens (including phenoxy) is 1. The highest BCUT2D eigenvalue weighted by molar-refractivity contribution is 5.94. The van der Waals surface area contributed by atoms with E-state index >= 15 is 0 Å². The van der Waals surface area contributed by atoms with Gasteiger partial charge in [-0.05, 0) is 57.4 Å². The lowest BCUT2D eigenvalue weighted by Crippen LogP contribution is -2.19. The maximum atomic E-state index is 13.2. The number of para-hydroxylation sites is 1. The third-order valence-electron chi connectivity index (χ3n) is 6.02. The van der Waals surface area contributed by atoms with Gasteiger partial charge in [0.15, 0.2) is 5.43 Å². The summed E-state index contributed by atoms with van der Waals surface area (Å²) in [6, 6.07) is 10.4. The van der Waals surface area contributed by atoms with Gasteiger partial charge in [0.05, 0.1) is 17.0 Å². The molecule has 6 heteroatoms. The molecule has 3 aromatic rings. The lowest BCUT2D eigenvalue weighted by atomic mass is 9.92. The van der Waals surface area contributed by atoms with E-state index < -0.39 is 5.97 Å². The first-order chi connectivity index (χ1) is 14.9. The quantitative estimate of drug-likeness (QED) is 0.590. The van der Waals surface area contributed by atoms with E-state index in [0.717, 1.165) is 29.7 Å². The van der Waals surface area contributed by atoms with Gasteiger partial charge in [-0.3, -0.25) is 4.79 Å². The molecular formula is C25H27NO5. The fraction of sp³-hybridized carbons (Fsp3) is 0.360. The van der Waals surface area contributed by atoms with Gasteiger partial charge >= 0.3 is 5.97 Å². The van der Waals surface area contributed by atoms with E-state index in [1.807, 2.05) is 32.9 Å². The number of fused-ring (bicyclic) bond motifs is 1. The van der Waals surface area contributed by atoms with Crippen LogP contribution in [0.25, 0.3) is 11.0 Å². The molecule has 1 saturated heterocycles. The zero-order valence-electron chi connectivity index (χ0n) is 18.0. The van der Waals surface area contributed by atoms with Crippen LogP contribution in [-0.2, 0) is 4.74 Å². The standard InChI is InChI=1S/C25H27NO5/c1-14-12-19(16(3)26-21-7-5-4-6-18(21)25(28)29)24-20(13-14)22(27)15(2)23(31-24)17-8-10-30-11-9-17/h4-7,12-13,16-17,26H,8-11H2,1-3H3,(H,28,29). The second-order valence-electron chi connectivity index (χ2n) is 8.25. The first-order valence-corrected chi connectivity index (χ1v) is 10.6. The lowest BCUT2D eigenvalue weighted by Gasteiger charge is -2.24. The zero-order valence-corrected chi connectivity index (χ0v) is 18.0. The number of hydrogen-bond donors (Lipinski definition) is 2. The topological polar surface area (TPSA) is 88.8 Å². The Morgan fingerprint density at radius 1 is 1.16 bits per heavy atom. The zero-order chi connectivity index (χ0) is 22.1. The summed E-state index contributed by atoms with van der Waals surface area (Å²) in [5.74, 6) is -0.0894. The third kappa shape index (κ3) is 4.08. The highest BCUT2D eigenvalue weighted by Crippen LogP contribution is 2.34. The number of carbonyl (C=O) groups is 1. The minimum Gasteiger partial charge on any atom is -0.478 e. The SMILES string of the molecule is Cc1cc(C(C)Nc2ccccc2C(=O)O)c2oc(C3CCOCC3)c(C)c(=O)c2c1. The van der Waals surface area contributed by atoms with E-state index in [1.54, 1.807) is 24.3 Å². The van der Waals surface area contributed by atoms with E-state index in [4.69, 9.17) is 9.15 Å². The first-order valence-electron chi connectivity index (χ1n) is 10.6. The summed E-state index contributed by atoms with van der Waals surface area (Å²) >= 11 is 0. The van der Waals surface area contributed by atoms with Crippen molar-refractivity contribution in [3.05, 3.63) is 74.6 Å². The van der Waals surface area contributed by atoms with Gasteiger partial charge in [0, 0.05) is 35.9 Å². The number of hydrogen-bond acceptors (Lipinski definition) is 5. The molecule has 2 heterocycles. The molecule has 1 atom stereocenters. The van der Waals surface area contributed by atoms with Crippen molar-refractivity contribution in [1.29, 1.82) is 0 Å². The van der Waals surface area contributed by atoms with E-state index in [-0.39, 0.29) is 23.0 Å². The van der Waals surface area contributed by atoms with Crippen LogP contribution in [0, 0.1) is 13.8 Å². The second-order valence-corrected chi connectivity index (χ2v) is 8.25. The number of benzene rings is 2. The third-order valence-corrected chi connectivity index (χ3v) is 6.02. The molecule has 0 aliphatic carbocycles. The largest absolute Gasteiger partial charge is 0.478 e. The summed E-state index contributed by atoms with van der Waals surface area (Å²) in [5, 5.41) is 13.4. The van der Waals surface area contributed by atoms with Crippen LogP contribution in [0.4, 0.5) is 5.69 Å². The maximum Gasteiger partial charge on any atom is 0.337 e. The van der Waals surface area contributed by atoms with Crippen molar-refractivity contribution < 1.29 is 19.1 Å². The van der Waals surface area contributed by atoms with Crippen LogP contribution in [0.5, 0.6) is 0 Å². The molecule has 0 spiro atoms. The number of nitrogens with one attached hydrogen (secondary N) is 1. The Labute approximate surface area is 180 Å². The van der Waals surface area contributed by atoms with E-state index in [1.165, 1.54) is 0 Å². The number of aryl methyl sites for hydroxylation is 1. The summed E-state index contributed by atoms with van der Waals surface area (Å²) in [4.78, 5) is 24.8. The second kappa shape index (κ2) is 8.55. The van der Waals surface area contributed by atoms with Gasteiger partial charge in [-0.25, -0.2) is 4.79 Å². The molecule has 2 N–H and O–H groups in total. The number of aromatic carboxylic acids is 1. The number of carboxylic acid groups (broad SMARTS) is 1. The maximum absolute atomic E-state index is 13.2. The normalized spacial score (nSPS) is 15.7. The Bertz CT molecular complexity index is 1190. The van der Waals surface area contributed by atoms with Gasteiger partial charge in [-0.1, -0.05) is 18.2 Å². The molecule has 4 rings (SSSR count). The van der Waals surface area contributed by atoms with Crippen molar-refractivity contribution in [2.24, 2.45) is 0 Å². The van der Waals surface area contributed by atoms with Crippen molar-refractivity contribution in [3.63, 3.8) is 0 Å². The summed E-state index contributed by atoms with van der Waals surface area (Å²) < 4.78 is 11.9. The van der Waals surface area contributed by atoms with Crippen LogP contribution in [0.15, 0.2) is 45.6 Å². The molecule has 0 amide bonds. The van der Waals surface area contributed by atoms with E-state index in [2.05, 4.69) is 5.32 Å². The van der Waals surface area contributed by atoms with Crippen molar-refractivity contribution in [1.82, 2.24) is 0 Å². The molecule has 1 aliphatic heterocycles. The van der Waals surface area contributed by atoms with Gasteiger partial charge in [-0.15, -0.1) is 0 Å². The first kappa shape index (κ1) is 21.1. The summed E-state index contributed by atoms with van der Waals surface area (Å²) in [5.41, 5.74) is 3.73. The molecular weight excluding hydrogens is 394 g/mol. The molecule has 6 nitrogen and oxygen atoms in total. The Morgan fingerprint density at radius 2 is 1.87 bits per heavy atom. The Hall–Kier alpha value is -3.12. The fourth-order valence-electron chi connectivity index (χ4n) is 4.36. The van der Waals surface area contributed by atoms with Crippen LogP contribution in [0.2, 0.25) is 0 Å². The van der Waals surface area contributed by atoms with E-state index in [9.17, 15) is 14.7 Å². The fourth-order valence-corrected chi connectivity index (χ4v) is 4.36. The number of carboxylic acids is 1. The van der Waals surface area contributed by atoms with Crippen LogP contribution in [0.1, 0.15) is 64.5 Å². The molecule has 1 aromatic heterocycles. The summed E-state index contributed by atoms with van der Waals surface area (Å²) in [6.45, 7) is 7.05. The van der Waals surface area contributed by atoms with Crippen molar-refractivity contribution >= 4 is 22.6 Å². The smallest absolute Gasteiger partial charge is 0.337 e. The highest BCUT2D eigenvalue weighted by Gasteiger charge is 2.25. The minimum atomic E-state index is -0.992. The predicted molar refractivity (Wildman–Crippen MR) is 120 cm³/mol. The molecule has 0 saturated carbocycles. The number of rotatable bonds is 5. The van der Waals surface area contributed by atoms with E-state index in [0.29, 0.717) is 35.4 Å². The molecule has 0 radical (unpaired) electrons. The van der Waals surface area contributed by atoms with Crippen LogP contribution in [0.3, 0.4) is 0 Å². The summed E-state index contributed by atoms with van der Waals surface area (Å²) in [7, 11) is 0. The van der Waals surface area contributed by atoms with Crippen molar-refractivity contribution in [2.45, 2.75) is 45.6 Å². The molecule has 1 fully saturated rings. The molecule has 0 bridgehead atoms. The Balaban J connectivity index is 1.83. The van der Waals surface area contributed by atoms with Gasteiger partial charge in [0.2, 0.25) is 0 Å². The Morgan fingerprint density at radius 3 is 2.58 bits per heavy atom. The lowest BCUT2D eigenvalue weighted by molar-refractivity contribution is 0.0698. The molecule has 31 heavy (non-hydrogen) atoms. The predicted octanol–water partition coefficient (Wildman–Crippen LogP) is 5.18. The van der Waals surface area contributed by atoms with Gasteiger partial charge in [-0.2, -0.15) is 0 Å². The van der Waals surface area contributed by atoms with Crippen molar-refractivity contribution in [3.8, 4) is 0 Å². The Kier molecular flexibility index (Phi) is 5.83. The van der Waals surface area contributed by atoms with Crippen LogP contribution >= 0.6 is 0 Å². The average Bonchev–Trinajstić information content (AvgIpc) is 2.77. The minimum absolute atomic E-state index is 0.00849. The van der Waals surface area contributed by atoms with Gasteiger partial charge < -0.3 is 19.6 Å². The molecule has 162 valence electrons. The van der Waals surface area contributed by atoms with Crippen LogP contribution in [-0.4, -0.2) is 24.3 Å². The van der Waals surface area contributed by atoms with Crippen LogP contribution < -0.4 is 10.7 Å². The summed E-state index contributed by atoms with van der Waals surface area (Å²) in [6.07, 6.45) is 1.66. The molecule has 1 unspecified atom stereocenters. The molecule has 2 aromatic carbocycles. The van der Waals surface area contributed by atoms with Gasteiger partial charge in [0.25, 0.3) is 0 Å². The van der Waals surface area contributed by atoms with Crippen molar-refractivity contribution in [2.75, 3.05) is 18.5 Å². The average molecular weight is 421 g/mol.